The third-order valence-electron chi connectivity index (χ3n) is 11.4. The first-order chi connectivity index (χ1) is 29.2. The highest BCUT2D eigenvalue weighted by Gasteiger charge is 2.21. The normalized spacial score (nSPS) is 11.4. The summed E-state index contributed by atoms with van der Waals surface area (Å²) in [6, 6.07) is 82.4. The first-order valence-corrected chi connectivity index (χ1v) is 20.1. The lowest BCUT2D eigenvalue weighted by Crippen LogP contribution is -2.11. The van der Waals surface area contributed by atoms with Crippen molar-refractivity contribution in [1.29, 1.82) is 0 Å². The van der Waals surface area contributed by atoms with E-state index in [4.69, 9.17) is 4.42 Å². The minimum atomic E-state index is 0.867. The fourth-order valence-corrected chi connectivity index (χ4v) is 8.53. The van der Waals surface area contributed by atoms with Crippen LogP contribution < -0.4 is 9.80 Å². The van der Waals surface area contributed by atoms with Crippen molar-refractivity contribution in [2.24, 2.45) is 0 Å². The van der Waals surface area contributed by atoms with Gasteiger partial charge in [-0.15, -0.1) is 0 Å². The van der Waals surface area contributed by atoms with Crippen molar-refractivity contribution in [1.82, 2.24) is 0 Å². The molecule has 0 bridgehead atoms. The molecular weight excluding hydrogens is 717 g/mol. The fourth-order valence-electron chi connectivity index (χ4n) is 8.53. The number of anilines is 6. The molecule has 0 fully saturated rings. The Bertz CT molecular complexity index is 3280. The zero-order chi connectivity index (χ0) is 39.1. The van der Waals surface area contributed by atoms with Crippen molar-refractivity contribution in [3.8, 4) is 22.3 Å². The van der Waals surface area contributed by atoms with Gasteiger partial charge in [-0.1, -0.05) is 152 Å². The summed E-state index contributed by atoms with van der Waals surface area (Å²) in [7, 11) is 0. The molecule has 3 nitrogen and oxygen atoms in total. The third-order valence-corrected chi connectivity index (χ3v) is 11.4. The van der Waals surface area contributed by atoms with Crippen LogP contribution in [-0.2, 0) is 0 Å². The number of nitrogens with zero attached hydrogens (tertiary/aromatic N) is 2. The minimum Gasteiger partial charge on any atom is -0.454 e. The minimum absolute atomic E-state index is 0.867. The Balaban J connectivity index is 1.06. The summed E-state index contributed by atoms with van der Waals surface area (Å²) >= 11 is 0. The molecule has 0 N–H and O–H groups in total. The number of hydrogen-bond acceptors (Lipinski definition) is 3. The van der Waals surface area contributed by atoms with Crippen LogP contribution in [0.25, 0.3) is 65.7 Å². The van der Waals surface area contributed by atoms with Gasteiger partial charge >= 0.3 is 0 Å². The first-order valence-electron chi connectivity index (χ1n) is 20.1. The Kier molecular flexibility index (Phi) is 8.49. The molecule has 0 aliphatic carbocycles. The van der Waals surface area contributed by atoms with Crippen LogP contribution in [0.5, 0.6) is 0 Å². The zero-order valence-corrected chi connectivity index (χ0v) is 32.2. The Morgan fingerprint density at radius 2 is 0.814 bits per heavy atom. The second kappa shape index (κ2) is 14.6. The van der Waals surface area contributed by atoms with Crippen molar-refractivity contribution in [3.63, 3.8) is 0 Å². The topological polar surface area (TPSA) is 19.6 Å². The van der Waals surface area contributed by atoms with Gasteiger partial charge in [0.25, 0.3) is 0 Å². The molecule has 0 amide bonds. The van der Waals surface area contributed by atoms with Gasteiger partial charge in [0.15, 0.2) is 5.58 Å². The van der Waals surface area contributed by atoms with Crippen LogP contribution in [0.2, 0.25) is 0 Å². The summed E-state index contributed by atoms with van der Waals surface area (Å²) in [5, 5.41) is 7.08. The van der Waals surface area contributed by atoms with E-state index in [1.165, 1.54) is 21.5 Å². The largest absolute Gasteiger partial charge is 0.454 e. The Hall–Kier alpha value is -7.88. The highest BCUT2D eigenvalue weighted by atomic mass is 16.3. The predicted octanol–water partition coefficient (Wildman–Crippen LogP) is 16.2. The lowest BCUT2D eigenvalue weighted by molar-refractivity contribution is 0.669. The van der Waals surface area contributed by atoms with E-state index in [-0.39, 0.29) is 0 Å². The lowest BCUT2D eigenvalue weighted by Gasteiger charge is -2.29. The number of rotatable bonds is 8. The van der Waals surface area contributed by atoms with E-state index in [9.17, 15) is 0 Å². The number of hydrogen-bond donors (Lipinski definition) is 0. The summed E-state index contributed by atoms with van der Waals surface area (Å²) in [5.74, 6) is 0. The van der Waals surface area contributed by atoms with Gasteiger partial charge in [0.1, 0.15) is 5.58 Å². The van der Waals surface area contributed by atoms with Crippen LogP contribution in [0.4, 0.5) is 34.1 Å². The molecule has 0 spiro atoms. The molecule has 278 valence electrons. The quantitative estimate of drug-likeness (QED) is 0.154. The van der Waals surface area contributed by atoms with Crippen molar-refractivity contribution in [3.05, 3.63) is 231 Å². The van der Waals surface area contributed by atoms with Crippen LogP contribution in [0.1, 0.15) is 0 Å². The van der Waals surface area contributed by atoms with E-state index >= 15 is 0 Å². The smallest absolute Gasteiger partial charge is 0.159 e. The Morgan fingerprint density at radius 3 is 1.54 bits per heavy atom. The molecule has 0 saturated carbocycles. The van der Waals surface area contributed by atoms with Gasteiger partial charge in [-0.05, 0) is 117 Å². The number of para-hydroxylation sites is 4. The van der Waals surface area contributed by atoms with Gasteiger partial charge in [-0.2, -0.15) is 0 Å². The Morgan fingerprint density at radius 1 is 0.288 bits per heavy atom. The maximum atomic E-state index is 6.55. The zero-order valence-electron chi connectivity index (χ0n) is 32.2. The number of benzene rings is 10. The Labute approximate surface area is 343 Å². The summed E-state index contributed by atoms with van der Waals surface area (Å²) in [5.41, 5.74) is 12.8. The van der Waals surface area contributed by atoms with Gasteiger partial charge in [0.2, 0.25) is 0 Å². The highest BCUT2D eigenvalue weighted by molar-refractivity contribution is 6.10. The molecule has 59 heavy (non-hydrogen) atoms. The summed E-state index contributed by atoms with van der Waals surface area (Å²) in [6.45, 7) is 0. The van der Waals surface area contributed by atoms with Crippen LogP contribution in [0.15, 0.2) is 235 Å². The van der Waals surface area contributed by atoms with Crippen LogP contribution >= 0.6 is 0 Å². The molecule has 11 rings (SSSR count). The van der Waals surface area contributed by atoms with E-state index in [1.54, 1.807) is 0 Å². The summed E-state index contributed by atoms with van der Waals surface area (Å²) in [6.07, 6.45) is 0. The van der Waals surface area contributed by atoms with Crippen LogP contribution in [-0.4, -0.2) is 0 Å². The standard InChI is InChI=1S/C56H38N2O/c1-3-18-46(19-4-1)57(54-24-13-23-51-50-22-11-12-25-55(50)59-56(51)54)48-32-28-41(29-33-48)44-31-35-53(52(38-44)45-27-26-39-14-7-9-16-42(39)36-45)58(47-20-5-2-6-21-47)49-34-30-40-15-8-10-17-43(40)37-49/h1-38H. The molecule has 1 heterocycles. The molecule has 11 aromatic rings. The monoisotopic (exact) mass is 754 g/mol. The maximum absolute atomic E-state index is 6.55. The van der Waals surface area contributed by atoms with Gasteiger partial charge < -0.3 is 14.2 Å². The summed E-state index contributed by atoms with van der Waals surface area (Å²) in [4.78, 5) is 4.68. The molecule has 0 radical (unpaired) electrons. The third kappa shape index (κ3) is 6.26. The molecule has 0 atom stereocenters. The number of furan rings is 1. The molecule has 0 aliphatic heterocycles. The van der Waals surface area contributed by atoms with E-state index in [2.05, 4.69) is 228 Å². The van der Waals surface area contributed by atoms with Crippen molar-refractivity contribution >= 4 is 77.6 Å². The molecular formula is C56H38N2O. The van der Waals surface area contributed by atoms with Gasteiger partial charge in [-0.3, -0.25) is 0 Å². The molecule has 3 heteroatoms. The van der Waals surface area contributed by atoms with Crippen molar-refractivity contribution in [2.45, 2.75) is 0 Å². The fraction of sp³-hybridized carbons (Fsp3) is 0. The van der Waals surface area contributed by atoms with Crippen LogP contribution in [0, 0.1) is 0 Å². The van der Waals surface area contributed by atoms with E-state index in [0.717, 1.165) is 78.3 Å². The molecule has 0 unspecified atom stereocenters. The predicted molar refractivity (Wildman–Crippen MR) is 249 cm³/mol. The molecule has 1 aromatic heterocycles. The van der Waals surface area contributed by atoms with Crippen molar-refractivity contribution < 1.29 is 4.42 Å². The SMILES string of the molecule is c1ccc(N(c2ccc3ccccc3c2)c2ccc(-c3ccc(N(c4ccccc4)c4cccc5c4oc4ccccc45)cc3)cc2-c2ccc3ccccc3c2)cc1. The van der Waals surface area contributed by atoms with E-state index in [0.29, 0.717) is 0 Å². The average Bonchev–Trinajstić information content (AvgIpc) is 3.70. The van der Waals surface area contributed by atoms with Crippen LogP contribution in [0.3, 0.4) is 0 Å². The summed E-state index contributed by atoms with van der Waals surface area (Å²) < 4.78 is 6.55. The first kappa shape index (κ1) is 34.4. The second-order valence-electron chi connectivity index (χ2n) is 15.0. The van der Waals surface area contributed by atoms with Gasteiger partial charge in [0.05, 0.1) is 11.4 Å². The van der Waals surface area contributed by atoms with Crippen molar-refractivity contribution in [2.75, 3.05) is 9.80 Å². The maximum Gasteiger partial charge on any atom is 0.159 e. The van der Waals surface area contributed by atoms with Gasteiger partial charge in [-0.25, -0.2) is 0 Å². The highest BCUT2D eigenvalue weighted by Crippen LogP contribution is 2.45. The van der Waals surface area contributed by atoms with E-state index < -0.39 is 0 Å². The molecule has 0 saturated heterocycles. The lowest BCUT2D eigenvalue weighted by atomic mass is 9.94. The molecule has 0 aliphatic rings. The average molecular weight is 755 g/mol. The second-order valence-corrected chi connectivity index (χ2v) is 15.0. The van der Waals surface area contributed by atoms with Gasteiger partial charge in [0, 0.05) is 39.1 Å². The van der Waals surface area contributed by atoms with E-state index in [1.807, 2.05) is 12.1 Å². The molecule has 10 aromatic carbocycles. The number of fused-ring (bicyclic) bond motifs is 5.